The van der Waals surface area contributed by atoms with Gasteiger partial charge in [0.25, 0.3) is 0 Å². The molecule has 1 aromatic carbocycles. The van der Waals surface area contributed by atoms with Crippen molar-refractivity contribution in [3.63, 3.8) is 0 Å². The van der Waals surface area contributed by atoms with Crippen LogP contribution in [0.3, 0.4) is 0 Å². The zero-order chi connectivity index (χ0) is 13.3. The van der Waals surface area contributed by atoms with Gasteiger partial charge in [-0.25, -0.2) is 4.79 Å². The van der Waals surface area contributed by atoms with E-state index in [-0.39, 0.29) is 0 Å². The number of rotatable bonds is 2. The van der Waals surface area contributed by atoms with Gasteiger partial charge in [-0.1, -0.05) is 6.92 Å². The Morgan fingerprint density at radius 1 is 1.44 bits per heavy atom. The smallest absolute Gasteiger partial charge is 0.337 e. The van der Waals surface area contributed by atoms with Crippen LogP contribution in [-0.2, 0) is 0 Å². The van der Waals surface area contributed by atoms with Crippen molar-refractivity contribution in [3.05, 3.63) is 23.8 Å². The van der Waals surface area contributed by atoms with E-state index in [2.05, 4.69) is 18.7 Å². The second-order valence-corrected chi connectivity index (χ2v) is 5.25. The molecule has 1 fully saturated rings. The van der Waals surface area contributed by atoms with Gasteiger partial charge >= 0.3 is 5.97 Å². The van der Waals surface area contributed by atoms with Crippen LogP contribution in [0, 0.1) is 5.92 Å². The molecule has 3 N–H and O–H groups in total. The predicted octanol–water partition coefficient (Wildman–Crippen LogP) is 2.59. The van der Waals surface area contributed by atoms with Gasteiger partial charge in [-0.2, -0.15) is 0 Å². The van der Waals surface area contributed by atoms with Crippen molar-refractivity contribution in [3.8, 4) is 0 Å². The van der Waals surface area contributed by atoms with Gasteiger partial charge in [-0.15, -0.1) is 0 Å². The topological polar surface area (TPSA) is 66.6 Å². The van der Waals surface area contributed by atoms with Gasteiger partial charge < -0.3 is 15.7 Å². The molecule has 0 aromatic heterocycles. The molecule has 1 aromatic rings. The number of hydrogen-bond donors (Lipinski definition) is 2. The molecule has 98 valence electrons. The molecular formula is C14H20N2O2. The summed E-state index contributed by atoms with van der Waals surface area (Å²) in [4.78, 5) is 13.5. The van der Waals surface area contributed by atoms with E-state index >= 15 is 0 Å². The standard InChI is InChI=1S/C14H20N2O2/c1-9-5-6-16(10(2)7-9)13-4-3-11(15)8-12(13)14(17)18/h3-4,8-10H,5-7,15H2,1-2H3,(H,17,18). The highest BCUT2D eigenvalue weighted by Gasteiger charge is 2.26. The van der Waals surface area contributed by atoms with E-state index in [1.165, 1.54) is 0 Å². The number of nitrogens with two attached hydrogens (primary N) is 1. The number of benzene rings is 1. The lowest BCUT2D eigenvalue weighted by atomic mass is 9.92. The average molecular weight is 248 g/mol. The summed E-state index contributed by atoms with van der Waals surface area (Å²) in [5.74, 6) is -0.207. The van der Waals surface area contributed by atoms with E-state index in [1.807, 2.05) is 6.07 Å². The highest BCUT2D eigenvalue weighted by atomic mass is 16.4. The van der Waals surface area contributed by atoms with Crippen molar-refractivity contribution in [1.29, 1.82) is 0 Å². The Kier molecular flexibility index (Phi) is 3.45. The van der Waals surface area contributed by atoms with E-state index < -0.39 is 5.97 Å². The average Bonchev–Trinajstić information content (AvgIpc) is 2.29. The summed E-state index contributed by atoms with van der Waals surface area (Å²) in [5, 5.41) is 9.28. The van der Waals surface area contributed by atoms with E-state index in [0.29, 0.717) is 23.2 Å². The summed E-state index contributed by atoms with van der Waals surface area (Å²) >= 11 is 0. The molecule has 0 spiro atoms. The summed E-state index contributed by atoms with van der Waals surface area (Å²) in [6, 6.07) is 5.51. The van der Waals surface area contributed by atoms with Gasteiger partial charge in [0.15, 0.2) is 0 Å². The SMILES string of the molecule is CC1CCN(c2ccc(N)cc2C(=O)O)C(C)C1. The summed E-state index contributed by atoms with van der Waals surface area (Å²) in [6.45, 7) is 5.30. The second kappa shape index (κ2) is 4.88. The Balaban J connectivity index is 2.35. The van der Waals surface area contributed by atoms with Gasteiger partial charge in [0.05, 0.1) is 11.3 Å². The zero-order valence-electron chi connectivity index (χ0n) is 10.9. The van der Waals surface area contributed by atoms with Crippen LogP contribution in [0.2, 0.25) is 0 Å². The molecular weight excluding hydrogens is 228 g/mol. The van der Waals surface area contributed by atoms with E-state index in [1.54, 1.807) is 12.1 Å². The van der Waals surface area contributed by atoms with E-state index in [4.69, 9.17) is 5.73 Å². The molecule has 1 aliphatic rings. The molecule has 1 heterocycles. The van der Waals surface area contributed by atoms with Gasteiger partial charge in [-0.3, -0.25) is 0 Å². The molecule has 4 heteroatoms. The molecule has 0 saturated carbocycles. The van der Waals surface area contributed by atoms with E-state index in [0.717, 1.165) is 25.1 Å². The molecule has 2 unspecified atom stereocenters. The third-order valence-corrected chi connectivity index (χ3v) is 3.70. The second-order valence-electron chi connectivity index (χ2n) is 5.25. The number of aromatic carboxylic acids is 1. The Morgan fingerprint density at radius 3 is 2.78 bits per heavy atom. The first-order valence-corrected chi connectivity index (χ1v) is 6.38. The minimum Gasteiger partial charge on any atom is -0.478 e. The van der Waals surface area contributed by atoms with Crippen molar-refractivity contribution in [2.24, 2.45) is 5.92 Å². The van der Waals surface area contributed by atoms with Crippen LogP contribution < -0.4 is 10.6 Å². The Morgan fingerprint density at radius 2 is 2.17 bits per heavy atom. The highest BCUT2D eigenvalue weighted by molar-refractivity contribution is 5.95. The lowest BCUT2D eigenvalue weighted by Crippen LogP contribution is -2.41. The molecule has 4 nitrogen and oxygen atoms in total. The third-order valence-electron chi connectivity index (χ3n) is 3.70. The van der Waals surface area contributed by atoms with Crippen LogP contribution in [-0.4, -0.2) is 23.7 Å². The van der Waals surface area contributed by atoms with Crippen LogP contribution in [0.1, 0.15) is 37.0 Å². The maximum atomic E-state index is 11.3. The fraction of sp³-hybridized carbons (Fsp3) is 0.500. The number of carboxylic acids is 1. The molecule has 0 aliphatic carbocycles. The van der Waals surface area contributed by atoms with E-state index in [9.17, 15) is 9.90 Å². The maximum Gasteiger partial charge on any atom is 0.337 e. The molecule has 1 saturated heterocycles. The number of anilines is 2. The van der Waals surface area contributed by atoms with Crippen molar-refractivity contribution in [2.75, 3.05) is 17.2 Å². The molecule has 2 rings (SSSR count). The van der Waals surface area contributed by atoms with Crippen LogP contribution in [0.5, 0.6) is 0 Å². The summed E-state index contributed by atoms with van der Waals surface area (Å²) in [7, 11) is 0. The number of nitrogens with zero attached hydrogens (tertiary/aromatic N) is 1. The number of nitrogen functional groups attached to an aromatic ring is 1. The summed E-state index contributed by atoms with van der Waals surface area (Å²) < 4.78 is 0. The van der Waals surface area contributed by atoms with Gasteiger partial charge in [0.2, 0.25) is 0 Å². The fourth-order valence-electron chi connectivity index (χ4n) is 2.74. The number of carbonyl (C=O) groups is 1. The fourth-order valence-corrected chi connectivity index (χ4v) is 2.74. The van der Waals surface area contributed by atoms with Crippen LogP contribution >= 0.6 is 0 Å². The summed E-state index contributed by atoms with van der Waals surface area (Å²) in [5.41, 5.74) is 7.25. The first-order chi connectivity index (χ1) is 8.49. The lowest BCUT2D eigenvalue weighted by molar-refractivity contribution is 0.0697. The number of carboxylic acid groups (broad SMARTS) is 1. The van der Waals surface area contributed by atoms with Crippen molar-refractivity contribution in [1.82, 2.24) is 0 Å². The van der Waals surface area contributed by atoms with Crippen molar-refractivity contribution < 1.29 is 9.90 Å². The molecule has 0 bridgehead atoms. The van der Waals surface area contributed by atoms with Crippen LogP contribution in [0.15, 0.2) is 18.2 Å². The Hall–Kier alpha value is -1.71. The number of hydrogen-bond acceptors (Lipinski definition) is 3. The van der Waals surface area contributed by atoms with Crippen molar-refractivity contribution >= 4 is 17.3 Å². The molecule has 0 radical (unpaired) electrons. The molecule has 18 heavy (non-hydrogen) atoms. The molecule has 1 aliphatic heterocycles. The monoisotopic (exact) mass is 248 g/mol. The third kappa shape index (κ3) is 2.42. The number of piperidine rings is 1. The predicted molar refractivity (Wildman–Crippen MR) is 73.0 cm³/mol. The minimum atomic E-state index is -0.914. The largest absolute Gasteiger partial charge is 0.478 e. The minimum absolute atomic E-state index is 0.302. The van der Waals surface area contributed by atoms with Crippen molar-refractivity contribution in [2.45, 2.75) is 32.7 Å². The zero-order valence-corrected chi connectivity index (χ0v) is 10.9. The first kappa shape index (κ1) is 12.7. The quantitative estimate of drug-likeness (QED) is 0.789. The van der Waals surface area contributed by atoms with Crippen LogP contribution in [0.25, 0.3) is 0 Å². The van der Waals surface area contributed by atoms with Gasteiger partial charge in [0.1, 0.15) is 0 Å². The Labute approximate surface area is 107 Å². The van der Waals surface area contributed by atoms with Gasteiger partial charge in [0, 0.05) is 18.3 Å². The van der Waals surface area contributed by atoms with Gasteiger partial charge in [-0.05, 0) is 43.9 Å². The molecule has 2 atom stereocenters. The van der Waals surface area contributed by atoms with Crippen LogP contribution in [0.4, 0.5) is 11.4 Å². The molecule has 0 amide bonds. The lowest BCUT2D eigenvalue weighted by Gasteiger charge is -2.39. The normalized spacial score (nSPS) is 24.0. The first-order valence-electron chi connectivity index (χ1n) is 6.38. The summed E-state index contributed by atoms with van der Waals surface area (Å²) in [6.07, 6.45) is 2.21. The maximum absolute atomic E-state index is 11.3. The Bertz CT molecular complexity index is 459. The highest BCUT2D eigenvalue weighted by Crippen LogP contribution is 2.31.